The Kier molecular flexibility index (Phi) is 4.94. The Morgan fingerprint density at radius 2 is 2.06 bits per heavy atom. The third-order valence-electron chi connectivity index (χ3n) is 1.75. The lowest BCUT2D eigenvalue weighted by atomic mass is 10.3. The standard InChI is InChI=1S/C10H8BrF4NO2/c11-7-3-6(1-2-8(7)12)18-4-9(17)16-5-10(13,14)15/h1-3H,4-5H2,(H,16,17). The van der Waals surface area contributed by atoms with E-state index in [9.17, 15) is 22.4 Å². The van der Waals surface area contributed by atoms with Gasteiger partial charge >= 0.3 is 6.18 Å². The lowest BCUT2D eigenvalue weighted by molar-refractivity contribution is -0.139. The van der Waals surface area contributed by atoms with Crippen molar-refractivity contribution in [2.75, 3.05) is 13.2 Å². The summed E-state index contributed by atoms with van der Waals surface area (Å²) in [4.78, 5) is 11.0. The zero-order valence-corrected chi connectivity index (χ0v) is 10.4. The van der Waals surface area contributed by atoms with Crippen molar-refractivity contribution in [1.29, 1.82) is 0 Å². The van der Waals surface area contributed by atoms with Crippen LogP contribution >= 0.6 is 15.9 Å². The normalized spacial score (nSPS) is 11.2. The molecule has 1 rings (SSSR count). The van der Waals surface area contributed by atoms with Gasteiger partial charge in [0.25, 0.3) is 5.91 Å². The molecule has 0 unspecified atom stereocenters. The van der Waals surface area contributed by atoms with Gasteiger partial charge in [-0.05, 0) is 34.1 Å². The van der Waals surface area contributed by atoms with E-state index in [0.717, 1.165) is 6.07 Å². The Balaban J connectivity index is 2.40. The lowest BCUT2D eigenvalue weighted by Crippen LogP contribution is -2.36. The summed E-state index contributed by atoms with van der Waals surface area (Å²) < 4.78 is 53.2. The third-order valence-corrected chi connectivity index (χ3v) is 2.35. The van der Waals surface area contributed by atoms with Gasteiger partial charge in [0, 0.05) is 0 Å². The minimum atomic E-state index is -4.46. The molecule has 100 valence electrons. The zero-order valence-electron chi connectivity index (χ0n) is 8.85. The van der Waals surface area contributed by atoms with Gasteiger partial charge in [-0.25, -0.2) is 4.39 Å². The van der Waals surface area contributed by atoms with Gasteiger partial charge in [0.05, 0.1) is 4.47 Å². The molecule has 0 spiro atoms. The molecule has 18 heavy (non-hydrogen) atoms. The summed E-state index contributed by atoms with van der Waals surface area (Å²) in [5, 5.41) is 1.64. The highest BCUT2D eigenvalue weighted by Gasteiger charge is 2.27. The molecule has 0 aromatic heterocycles. The number of hydrogen-bond acceptors (Lipinski definition) is 2. The number of alkyl halides is 3. The number of hydrogen-bond donors (Lipinski definition) is 1. The molecular formula is C10H8BrF4NO2. The molecule has 0 bridgehead atoms. The van der Waals surface area contributed by atoms with Gasteiger partial charge < -0.3 is 10.1 Å². The molecule has 0 aliphatic heterocycles. The molecule has 0 radical (unpaired) electrons. The number of halogens is 5. The zero-order chi connectivity index (χ0) is 13.8. The third kappa shape index (κ3) is 5.35. The predicted molar refractivity (Wildman–Crippen MR) is 58.7 cm³/mol. The maximum absolute atomic E-state index is 12.8. The summed E-state index contributed by atoms with van der Waals surface area (Å²) in [6, 6.07) is 3.64. The fourth-order valence-corrected chi connectivity index (χ4v) is 1.32. The van der Waals surface area contributed by atoms with Gasteiger partial charge in [-0.2, -0.15) is 13.2 Å². The first-order valence-electron chi connectivity index (χ1n) is 4.69. The molecule has 3 nitrogen and oxygen atoms in total. The number of benzene rings is 1. The van der Waals surface area contributed by atoms with E-state index in [-0.39, 0.29) is 10.2 Å². The van der Waals surface area contributed by atoms with E-state index < -0.39 is 31.1 Å². The van der Waals surface area contributed by atoms with Crippen molar-refractivity contribution >= 4 is 21.8 Å². The molecule has 0 fully saturated rings. The Hall–Kier alpha value is -1.31. The van der Waals surface area contributed by atoms with Crippen LogP contribution in [-0.4, -0.2) is 25.2 Å². The lowest BCUT2D eigenvalue weighted by Gasteiger charge is -2.09. The van der Waals surface area contributed by atoms with Crippen LogP contribution < -0.4 is 10.1 Å². The number of carbonyl (C=O) groups excluding carboxylic acids is 1. The first-order chi connectivity index (χ1) is 8.28. The average molecular weight is 330 g/mol. The van der Waals surface area contributed by atoms with E-state index in [1.165, 1.54) is 12.1 Å². The molecular weight excluding hydrogens is 322 g/mol. The largest absolute Gasteiger partial charge is 0.484 e. The SMILES string of the molecule is O=C(COc1ccc(F)c(Br)c1)NCC(F)(F)F. The van der Waals surface area contributed by atoms with Gasteiger partial charge in [0.1, 0.15) is 18.1 Å². The molecule has 8 heteroatoms. The average Bonchev–Trinajstić information content (AvgIpc) is 2.27. The molecule has 0 heterocycles. The molecule has 1 aromatic rings. The molecule has 0 saturated heterocycles. The van der Waals surface area contributed by atoms with Crippen molar-refractivity contribution in [3.8, 4) is 5.75 Å². The van der Waals surface area contributed by atoms with Gasteiger partial charge in [-0.15, -0.1) is 0 Å². The molecule has 1 N–H and O–H groups in total. The quantitative estimate of drug-likeness (QED) is 0.862. The van der Waals surface area contributed by atoms with Crippen LogP contribution in [0.4, 0.5) is 17.6 Å². The van der Waals surface area contributed by atoms with Crippen LogP contribution in [0.25, 0.3) is 0 Å². The summed E-state index contributed by atoms with van der Waals surface area (Å²) in [7, 11) is 0. The maximum atomic E-state index is 12.8. The first kappa shape index (κ1) is 14.7. The van der Waals surface area contributed by atoms with E-state index in [1.807, 2.05) is 0 Å². The van der Waals surface area contributed by atoms with E-state index in [2.05, 4.69) is 15.9 Å². The predicted octanol–water partition coefficient (Wildman–Crippen LogP) is 2.65. The maximum Gasteiger partial charge on any atom is 0.405 e. The van der Waals surface area contributed by atoms with Crippen LogP contribution in [0.3, 0.4) is 0 Å². The number of rotatable bonds is 4. The Bertz CT molecular complexity index is 436. The molecule has 0 aliphatic rings. The highest BCUT2D eigenvalue weighted by molar-refractivity contribution is 9.10. The fraction of sp³-hybridized carbons (Fsp3) is 0.300. The smallest absolute Gasteiger partial charge is 0.405 e. The second-order valence-electron chi connectivity index (χ2n) is 3.26. The second kappa shape index (κ2) is 6.03. The van der Waals surface area contributed by atoms with Crippen LogP contribution in [0.5, 0.6) is 5.75 Å². The highest BCUT2D eigenvalue weighted by atomic mass is 79.9. The highest BCUT2D eigenvalue weighted by Crippen LogP contribution is 2.21. The van der Waals surface area contributed by atoms with Crippen molar-refractivity contribution in [1.82, 2.24) is 5.32 Å². The monoisotopic (exact) mass is 329 g/mol. The molecule has 0 atom stereocenters. The van der Waals surface area contributed by atoms with Crippen LogP contribution in [0.15, 0.2) is 22.7 Å². The minimum Gasteiger partial charge on any atom is -0.484 e. The first-order valence-corrected chi connectivity index (χ1v) is 5.48. The molecule has 0 saturated carbocycles. The van der Waals surface area contributed by atoms with Gasteiger partial charge in [-0.3, -0.25) is 4.79 Å². The van der Waals surface area contributed by atoms with Crippen LogP contribution in [0.1, 0.15) is 0 Å². The van der Waals surface area contributed by atoms with Crippen molar-refractivity contribution in [3.63, 3.8) is 0 Å². The number of ether oxygens (including phenoxy) is 1. The van der Waals surface area contributed by atoms with Crippen LogP contribution in [0.2, 0.25) is 0 Å². The van der Waals surface area contributed by atoms with Crippen LogP contribution in [-0.2, 0) is 4.79 Å². The Morgan fingerprint density at radius 1 is 1.39 bits per heavy atom. The summed E-state index contributed by atoms with van der Waals surface area (Å²) >= 11 is 2.91. The Labute approximate surface area is 108 Å². The minimum absolute atomic E-state index is 0.135. The summed E-state index contributed by atoms with van der Waals surface area (Å²) in [6.45, 7) is -1.99. The van der Waals surface area contributed by atoms with E-state index in [4.69, 9.17) is 4.74 Å². The van der Waals surface area contributed by atoms with Crippen LogP contribution in [0, 0.1) is 5.82 Å². The van der Waals surface area contributed by atoms with E-state index >= 15 is 0 Å². The number of nitrogens with one attached hydrogen (secondary N) is 1. The Morgan fingerprint density at radius 3 is 2.61 bits per heavy atom. The second-order valence-corrected chi connectivity index (χ2v) is 4.11. The van der Waals surface area contributed by atoms with Gasteiger partial charge in [0.2, 0.25) is 0 Å². The number of amides is 1. The van der Waals surface area contributed by atoms with Crippen molar-refractivity contribution in [2.45, 2.75) is 6.18 Å². The van der Waals surface area contributed by atoms with Crippen molar-refractivity contribution < 1.29 is 27.1 Å². The van der Waals surface area contributed by atoms with Crippen molar-refractivity contribution in [2.24, 2.45) is 0 Å². The summed E-state index contributed by atoms with van der Waals surface area (Å²) in [5.74, 6) is -1.25. The fourth-order valence-electron chi connectivity index (χ4n) is 0.965. The van der Waals surface area contributed by atoms with E-state index in [1.54, 1.807) is 5.32 Å². The van der Waals surface area contributed by atoms with Gasteiger partial charge in [0.15, 0.2) is 6.61 Å². The topological polar surface area (TPSA) is 38.3 Å². The molecule has 0 aliphatic carbocycles. The summed E-state index contributed by atoms with van der Waals surface area (Å²) in [6.07, 6.45) is -4.46. The molecule has 1 aromatic carbocycles. The molecule has 1 amide bonds. The van der Waals surface area contributed by atoms with Crippen molar-refractivity contribution in [3.05, 3.63) is 28.5 Å². The van der Waals surface area contributed by atoms with Gasteiger partial charge in [-0.1, -0.05) is 0 Å². The number of carbonyl (C=O) groups is 1. The summed E-state index contributed by atoms with van der Waals surface area (Å²) in [5.41, 5.74) is 0. The van der Waals surface area contributed by atoms with E-state index in [0.29, 0.717) is 0 Å².